The highest BCUT2D eigenvalue weighted by Crippen LogP contribution is 2.56. The lowest BCUT2D eigenvalue weighted by molar-refractivity contribution is -0.385. The molecular weight excluding hydrogens is 537 g/mol. The van der Waals surface area contributed by atoms with Crippen molar-refractivity contribution in [3.63, 3.8) is 0 Å². The standard InChI is InChI=1S/C25H34FN3O9S/c1-21(2,3)37-19(30)28(20(31)38-22(4,5)6)18-23(7,8)39(34,35)25(26)12-13-36-17-11-10-15(29(32)33)14-16(17)24(25,9)27-18/h10-11,14H,12-13H2,1-9H3/t24-,25+/m1/s1. The van der Waals surface area contributed by atoms with Gasteiger partial charge in [0.15, 0.2) is 9.84 Å². The van der Waals surface area contributed by atoms with Crippen molar-refractivity contribution in [1.29, 1.82) is 0 Å². The summed E-state index contributed by atoms with van der Waals surface area (Å²) >= 11 is 0. The van der Waals surface area contributed by atoms with E-state index < -0.39 is 71.4 Å². The van der Waals surface area contributed by atoms with Gasteiger partial charge in [-0.3, -0.25) is 15.1 Å². The molecule has 12 nitrogen and oxygen atoms in total. The Hall–Kier alpha value is -3.29. The van der Waals surface area contributed by atoms with Crippen LogP contribution in [0.4, 0.5) is 19.7 Å². The third-order valence-corrected chi connectivity index (χ3v) is 9.42. The molecule has 1 aromatic rings. The zero-order valence-electron chi connectivity index (χ0n) is 23.4. The van der Waals surface area contributed by atoms with E-state index in [4.69, 9.17) is 14.2 Å². The van der Waals surface area contributed by atoms with E-state index >= 15 is 4.39 Å². The van der Waals surface area contributed by atoms with Gasteiger partial charge in [0.1, 0.15) is 33.1 Å². The zero-order valence-corrected chi connectivity index (χ0v) is 24.3. The van der Waals surface area contributed by atoms with E-state index in [2.05, 4.69) is 4.99 Å². The number of rotatable bonds is 1. The van der Waals surface area contributed by atoms with Crippen LogP contribution in [-0.4, -0.2) is 63.8 Å². The minimum absolute atomic E-state index is 0.0262. The Morgan fingerprint density at radius 2 is 1.59 bits per heavy atom. The summed E-state index contributed by atoms with van der Waals surface area (Å²) in [6.07, 6.45) is -3.26. The molecule has 0 aromatic heterocycles. The van der Waals surface area contributed by atoms with Crippen LogP contribution in [0.2, 0.25) is 0 Å². The molecule has 2 aliphatic rings. The summed E-state index contributed by atoms with van der Waals surface area (Å²) in [6, 6.07) is 3.34. The normalized spacial score (nSPS) is 25.5. The average Bonchev–Trinajstić information content (AvgIpc) is 2.85. The Labute approximate surface area is 226 Å². The molecule has 0 aliphatic carbocycles. The number of carbonyl (C=O) groups excluding carboxylic acids is 2. The molecule has 0 bridgehead atoms. The number of imide groups is 1. The topological polar surface area (TPSA) is 155 Å². The molecule has 14 heteroatoms. The van der Waals surface area contributed by atoms with Gasteiger partial charge in [0.25, 0.3) is 5.69 Å². The SMILES string of the molecule is CC(C)(C)OC(=O)N(C(=O)OC(C)(C)C)C1=N[C@]2(C)c3cc([N+](=O)[O-])ccc3OCC[C@]2(F)S(=O)(=O)C1(C)C. The van der Waals surface area contributed by atoms with E-state index in [9.17, 15) is 28.1 Å². The number of non-ortho nitro benzene ring substituents is 1. The molecule has 3 rings (SSSR count). The Balaban J connectivity index is 2.43. The number of fused-ring (bicyclic) bond motifs is 3. The number of hydrogen-bond donors (Lipinski definition) is 0. The van der Waals surface area contributed by atoms with Crippen molar-refractivity contribution in [3.05, 3.63) is 33.9 Å². The molecule has 0 unspecified atom stereocenters. The number of amidine groups is 1. The van der Waals surface area contributed by atoms with Crippen molar-refractivity contribution in [1.82, 2.24) is 4.90 Å². The number of carbonyl (C=O) groups is 2. The van der Waals surface area contributed by atoms with Crippen molar-refractivity contribution >= 4 is 33.5 Å². The number of nitro groups is 1. The third-order valence-electron chi connectivity index (χ3n) is 6.44. The predicted octanol–water partition coefficient (Wildman–Crippen LogP) is 5.04. The second kappa shape index (κ2) is 9.14. The summed E-state index contributed by atoms with van der Waals surface area (Å²) in [6.45, 7) is 12.2. The minimum atomic E-state index is -4.97. The van der Waals surface area contributed by atoms with E-state index in [1.165, 1.54) is 47.6 Å². The molecule has 0 saturated heterocycles. The third kappa shape index (κ3) is 4.94. The van der Waals surface area contributed by atoms with Crippen molar-refractivity contribution in [2.45, 2.75) is 95.2 Å². The van der Waals surface area contributed by atoms with E-state index in [0.29, 0.717) is 4.90 Å². The fourth-order valence-corrected chi connectivity index (χ4v) is 6.68. The highest BCUT2D eigenvalue weighted by molar-refractivity contribution is 7.95. The lowest BCUT2D eigenvalue weighted by Gasteiger charge is -2.48. The van der Waals surface area contributed by atoms with Crippen LogP contribution in [0.15, 0.2) is 23.2 Å². The average molecular weight is 572 g/mol. The number of hydrogen-bond acceptors (Lipinski definition) is 10. The van der Waals surface area contributed by atoms with Crippen molar-refractivity contribution in [2.24, 2.45) is 4.99 Å². The van der Waals surface area contributed by atoms with Crippen LogP contribution in [0.3, 0.4) is 0 Å². The first kappa shape index (κ1) is 30.3. The maximum Gasteiger partial charge on any atom is 0.425 e. The summed E-state index contributed by atoms with van der Waals surface area (Å²) < 4.78 is 59.5. The number of sulfone groups is 1. The fraction of sp³-hybridized carbons (Fsp3) is 0.640. The second-order valence-corrected chi connectivity index (χ2v) is 14.8. The molecule has 2 amide bonds. The quantitative estimate of drug-likeness (QED) is 0.333. The van der Waals surface area contributed by atoms with Gasteiger partial charge in [0.2, 0.25) is 5.00 Å². The van der Waals surface area contributed by atoms with E-state index in [0.717, 1.165) is 32.9 Å². The molecule has 2 atom stereocenters. The number of aliphatic imine (C=N–C) groups is 1. The number of ether oxygens (including phenoxy) is 3. The second-order valence-electron chi connectivity index (χ2n) is 12.1. The van der Waals surface area contributed by atoms with Crippen LogP contribution >= 0.6 is 0 Å². The van der Waals surface area contributed by atoms with Gasteiger partial charge in [-0.1, -0.05) is 0 Å². The maximum atomic E-state index is 17.1. The van der Waals surface area contributed by atoms with E-state index in [1.54, 1.807) is 0 Å². The summed E-state index contributed by atoms with van der Waals surface area (Å²) in [7, 11) is -4.97. The molecule has 0 N–H and O–H groups in total. The monoisotopic (exact) mass is 571 g/mol. The van der Waals surface area contributed by atoms with Gasteiger partial charge in [-0.15, -0.1) is 0 Å². The summed E-state index contributed by atoms with van der Waals surface area (Å²) in [5.74, 6) is -0.692. The molecule has 0 radical (unpaired) electrons. The highest BCUT2D eigenvalue weighted by Gasteiger charge is 2.71. The fourth-order valence-electron chi connectivity index (χ4n) is 4.47. The molecule has 2 heterocycles. The van der Waals surface area contributed by atoms with Crippen molar-refractivity contribution in [2.75, 3.05) is 6.61 Å². The predicted molar refractivity (Wildman–Crippen MR) is 139 cm³/mol. The van der Waals surface area contributed by atoms with Crippen LogP contribution in [0.1, 0.15) is 74.3 Å². The van der Waals surface area contributed by atoms with Crippen LogP contribution in [-0.2, 0) is 24.8 Å². The number of nitrogens with zero attached hydrogens (tertiary/aromatic N) is 3. The maximum absolute atomic E-state index is 17.1. The smallest absolute Gasteiger partial charge is 0.425 e. The molecule has 39 heavy (non-hydrogen) atoms. The minimum Gasteiger partial charge on any atom is -0.493 e. The van der Waals surface area contributed by atoms with Crippen molar-refractivity contribution in [3.8, 4) is 5.75 Å². The number of benzene rings is 1. The number of amides is 2. The summed E-state index contributed by atoms with van der Waals surface area (Å²) in [5.41, 5.74) is -5.31. The molecule has 0 saturated carbocycles. The van der Waals surface area contributed by atoms with Gasteiger partial charge in [-0.2, -0.15) is 4.90 Å². The highest BCUT2D eigenvalue weighted by atomic mass is 32.2. The molecule has 216 valence electrons. The van der Waals surface area contributed by atoms with E-state index in [-0.39, 0.29) is 17.9 Å². The van der Waals surface area contributed by atoms with Crippen LogP contribution in [0, 0.1) is 10.1 Å². The van der Waals surface area contributed by atoms with Gasteiger partial charge in [0.05, 0.1) is 11.5 Å². The van der Waals surface area contributed by atoms with Gasteiger partial charge >= 0.3 is 12.2 Å². The van der Waals surface area contributed by atoms with Gasteiger partial charge in [0, 0.05) is 24.1 Å². The van der Waals surface area contributed by atoms with Crippen LogP contribution < -0.4 is 4.74 Å². The van der Waals surface area contributed by atoms with Gasteiger partial charge in [-0.25, -0.2) is 22.4 Å². The first-order chi connectivity index (χ1) is 17.5. The summed E-state index contributed by atoms with van der Waals surface area (Å²) in [5, 5.41) is 8.41. The molecule has 0 spiro atoms. The number of halogens is 1. The largest absolute Gasteiger partial charge is 0.493 e. The Morgan fingerprint density at radius 3 is 2.05 bits per heavy atom. The first-order valence-corrected chi connectivity index (χ1v) is 13.7. The number of nitro benzene ring substituents is 1. The van der Waals surface area contributed by atoms with Crippen molar-refractivity contribution < 1.29 is 41.5 Å². The zero-order chi connectivity index (χ0) is 30.0. The van der Waals surface area contributed by atoms with Gasteiger partial charge in [-0.05, 0) is 68.4 Å². The Bertz CT molecular complexity index is 1330. The lowest BCUT2D eigenvalue weighted by atomic mass is 9.84. The Morgan fingerprint density at radius 1 is 1.08 bits per heavy atom. The van der Waals surface area contributed by atoms with Crippen LogP contribution in [0.25, 0.3) is 0 Å². The van der Waals surface area contributed by atoms with Crippen LogP contribution in [0.5, 0.6) is 5.75 Å². The molecule has 2 aliphatic heterocycles. The summed E-state index contributed by atoms with van der Waals surface area (Å²) in [4.78, 5) is 42.4. The molecule has 0 fully saturated rings. The first-order valence-electron chi connectivity index (χ1n) is 12.2. The molecule has 1 aromatic carbocycles. The number of alkyl halides is 1. The lowest BCUT2D eigenvalue weighted by Crippen LogP contribution is -2.68. The van der Waals surface area contributed by atoms with E-state index in [1.807, 2.05) is 0 Å². The molecular formula is C25H34FN3O9S. The Kier molecular flexibility index (Phi) is 7.09. The van der Waals surface area contributed by atoms with Gasteiger partial charge < -0.3 is 14.2 Å².